The minimum Gasteiger partial charge on any atom is -0.469 e. The Bertz CT molecular complexity index is 1530. The van der Waals surface area contributed by atoms with Crippen LogP contribution in [0.2, 0.25) is 0 Å². The predicted molar refractivity (Wildman–Crippen MR) is 176 cm³/mol. The third-order valence-electron chi connectivity index (χ3n) is 9.31. The topological polar surface area (TPSA) is 149 Å². The first-order valence-electron chi connectivity index (χ1n) is 16.8. The van der Waals surface area contributed by atoms with Crippen molar-refractivity contribution in [2.45, 2.75) is 77.7 Å². The fraction of sp³-hybridized carbons (Fsp3) is 0.559. The van der Waals surface area contributed by atoms with Crippen LogP contribution in [0.5, 0.6) is 5.88 Å². The molecule has 13 heteroatoms. The maximum atomic E-state index is 13.4. The minimum atomic E-state index is -0.728. The van der Waals surface area contributed by atoms with Crippen LogP contribution >= 0.6 is 0 Å². The van der Waals surface area contributed by atoms with E-state index in [-0.39, 0.29) is 31.0 Å². The molecule has 0 radical (unpaired) electrons. The average molecular weight is 647 g/mol. The highest BCUT2D eigenvalue weighted by Crippen LogP contribution is 2.25. The van der Waals surface area contributed by atoms with Crippen molar-refractivity contribution < 1.29 is 23.8 Å². The Kier molecular flexibility index (Phi) is 10.5. The number of nitrogens with zero attached hydrogens (tertiary/aromatic N) is 6. The van der Waals surface area contributed by atoms with Crippen molar-refractivity contribution in [3.05, 3.63) is 58.9 Å². The molecule has 252 valence electrons. The number of fused-ring (bicyclic) bond motifs is 1. The van der Waals surface area contributed by atoms with Gasteiger partial charge in [0, 0.05) is 83.4 Å². The van der Waals surface area contributed by atoms with Crippen LogP contribution in [0.3, 0.4) is 0 Å². The van der Waals surface area contributed by atoms with Gasteiger partial charge < -0.3 is 34.7 Å². The van der Waals surface area contributed by atoms with E-state index in [1.807, 2.05) is 30.0 Å². The summed E-state index contributed by atoms with van der Waals surface area (Å²) in [7, 11) is 0. The summed E-state index contributed by atoms with van der Waals surface area (Å²) in [5.74, 6) is 2.56. The van der Waals surface area contributed by atoms with Crippen LogP contribution < -0.4 is 20.3 Å². The summed E-state index contributed by atoms with van der Waals surface area (Å²) in [5, 5.41) is 17.4. The number of pyridine rings is 2. The van der Waals surface area contributed by atoms with Crippen molar-refractivity contribution >= 4 is 23.5 Å². The number of amides is 2. The van der Waals surface area contributed by atoms with Crippen molar-refractivity contribution in [2.24, 2.45) is 0 Å². The number of aromatic nitrogens is 3. The summed E-state index contributed by atoms with van der Waals surface area (Å²) in [6.45, 7) is 9.01. The number of anilines is 2. The Balaban J connectivity index is 1.02. The van der Waals surface area contributed by atoms with E-state index >= 15 is 0 Å². The molecule has 3 aliphatic rings. The van der Waals surface area contributed by atoms with Crippen molar-refractivity contribution in [1.29, 1.82) is 0 Å². The van der Waals surface area contributed by atoms with Gasteiger partial charge in [-0.05, 0) is 56.7 Å². The number of carbonyl (C=O) groups is 2. The normalized spacial score (nSPS) is 18.0. The minimum absolute atomic E-state index is 0.104. The average Bonchev–Trinajstić information content (AvgIpc) is 3.50. The number of ether oxygens (including phenoxy) is 1. The lowest BCUT2D eigenvalue weighted by molar-refractivity contribution is -0.129. The van der Waals surface area contributed by atoms with Crippen molar-refractivity contribution in [3.63, 3.8) is 0 Å². The highest BCUT2D eigenvalue weighted by atomic mass is 16.5. The SMILES string of the molecule is CC(=O)N1CCC(Nc2cc(C(=O)NCC(O)CN3CCc4nc(OCc5ocnc5C)ccc4C3)cc(N3CCCCC3)n2)CC1. The van der Waals surface area contributed by atoms with Crippen LogP contribution in [0.4, 0.5) is 11.6 Å². The second kappa shape index (κ2) is 15.1. The Morgan fingerprint density at radius 2 is 1.89 bits per heavy atom. The Morgan fingerprint density at radius 3 is 2.64 bits per heavy atom. The Morgan fingerprint density at radius 1 is 1.09 bits per heavy atom. The summed E-state index contributed by atoms with van der Waals surface area (Å²) in [5.41, 5.74) is 3.42. The molecule has 2 amide bonds. The van der Waals surface area contributed by atoms with Crippen molar-refractivity contribution in [2.75, 3.05) is 56.0 Å². The van der Waals surface area contributed by atoms with E-state index in [1.165, 1.54) is 12.8 Å². The number of hydrogen-bond acceptors (Lipinski definition) is 11. The fourth-order valence-corrected chi connectivity index (χ4v) is 6.52. The molecule has 13 nitrogen and oxygen atoms in total. The third kappa shape index (κ3) is 8.58. The molecule has 6 heterocycles. The summed E-state index contributed by atoms with van der Waals surface area (Å²) >= 11 is 0. The molecule has 3 aliphatic heterocycles. The lowest BCUT2D eigenvalue weighted by Gasteiger charge is -2.32. The Labute approximate surface area is 275 Å². The van der Waals surface area contributed by atoms with Gasteiger partial charge in [-0.25, -0.2) is 15.0 Å². The smallest absolute Gasteiger partial charge is 0.251 e. The first-order valence-corrected chi connectivity index (χ1v) is 16.8. The highest BCUT2D eigenvalue weighted by Gasteiger charge is 2.24. The van der Waals surface area contributed by atoms with E-state index in [0.29, 0.717) is 49.2 Å². The highest BCUT2D eigenvalue weighted by molar-refractivity contribution is 5.95. The maximum Gasteiger partial charge on any atom is 0.251 e. The molecule has 2 saturated heterocycles. The number of oxazole rings is 1. The quantitative estimate of drug-likeness (QED) is 0.282. The fourth-order valence-electron chi connectivity index (χ4n) is 6.52. The third-order valence-corrected chi connectivity index (χ3v) is 9.31. The standard InChI is InChI=1S/C34H46N8O5/c1-23-30(47-22-36-23)21-46-33-7-6-25-19-40(13-10-29(25)38-33)20-28(44)18-35-34(45)26-16-31(37-27-8-14-41(15-9-27)24(2)43)39-32(17-26)42-11-4-3-5-12-42/h6-7,16-17,22,27-28,44H,3-5,8-15,18-21H2,1-2H3,(H,35,45)(H,37,39). The van der Waals surface area contributed by atoms with Crippen LogP contribution in [-0.2, 0) is 24.4 Å². The zero-order valence-corrected chi connectivity index (χ0v) is 27.4. The van der Waals surface area contributed by atoms with Crippen molar-refractivity contribution in [1.82, 2.24) is 30.1 Å². The van der Waals surface area contributed by atoms with E-state index in [0.717, 1.165) is 74.5 Å². The zero-order valence-electron chi connectivity index (χ0n) is 27.4. The molecule has 47 heavy (non-hydrogen) atoms. The number of aryl methyl sites for hydroxylation is 1. The second-order valence-electron chi connectivity index (χ2n) is 12.8. The van der Waals surface area contributed by atoms with Gasteiger partial charge in [0.15, 0.2) is 12.2 Å². The molecular weight excluding hydrogens is 600 g/mol. The first kappa shape index (κ1) is 32.7. The molecule has 6 rings (SSSR count). The number of β-amino-alcohol motifs (C(OH)–C–C–N with tert-alkyl or cyclic N) is 1. The summed E-state index contributed by atoms with van der Waals surface area (Å²) in [6.07, 6.45) is 6.50. The molecule has 3 aromatic rings. The first-order chi connectivity index (χ1) is 22.8. The lowest BCUT2D eigenvalue weighted by Crippen LogP contribution is -2.42. The number of nitrogens with one attached hydrogen (secondary N) is 2. The van der Waals surface area contributed by atoms with Crippen LogP contribution in [0.25, 0.3) is 0 Å². The Hall–Kier alpha value is -4.23. The zero-order chi connectivity index (χ0) is 32.8. The summed E-state index contributed by atoms with van der Waals surface area (Å²) < 4.78 is 11.2. The van der Waals surface area contributed by atoms with E-state index in [4.69, 9.17) is 14.1 Å². The van der Waals surface area contributed by atoms with E-state index in [2.05, 4.69) is 30.4 Å². The molecule has 0 spiro atoms. The largest absolute Gasteiger partial charge is 0.469 e. The van der Waals surface area contributed by atoms with Gasteiger partial charge in [-0.3, -0.25) is 14.5 Å². The molecule has 0 bridgehead atoms. The number of aliphatic hydroxyl groups is 1. The van der Waals surface area contributed by atoms with E-state index < -0.39 is 6.10 Å². The monoisotopic (exact) mass is 646 g/mol. The molecule has 0 saturated carbocycles. The van der Waals surface area contributed by atoms with E-state index in [1.54, 1.807) is 13.0 Å². The molecule has 0 aromatic carbocycles. The molecule has 2 fully saturated rings. The summed E-state index contributed by atoms with van der Waals surface area (Å²) in [4.78, 5) is 45.1. The van der Waals surface area contributed by atoms with Crippen LogP contribution in [0.15, 0.2) is 35.1 Å². The molecule has 3 aromatic heterocycles. The van der Waals surface area contributed by atoms with Crippen LogP contribution in [-0.4, -0.2) is 99.6 Å². The number of likely N-dealkylation sites (tertiary alicyclic amines) is 1. The molecule has 3 N–H and O–H groups in total. The number of piperidine rings is 2. The summed E-state index contributed by atoms with van der Waals surface area (Å²) in [6, 6.07) is 7.71. The number of carbonyl (C=O) groups excluding carboxylic acids is 2. The number of hydrogen-bond donors (Lipinski definition) is 3. The van der Waals surface area contributed by atoms with Gasteiger partial charge in [-0.1, -0.05) is 6.07 Å². The van der Waals surface area contributed by atoms with Gasteiger partial charge in [0.25, 0.3) is 5.91 Å². The van der Waals surface area contributed by atoms with E-state index in [9.17, 15) is 14.7 Å². The molecule has 1 unspecified atom stereocenters. The number of rotatable bonds is 11. The van der Waals surface area contributed by atoms with Gasteiger partial charge in [-0.2, -0.15) is 0 Å². The van der Waals surface area contributed by atoms with Gasteiger partial charge >= 0.3 is 0 Å². The van der Waals surface area contributed by atoms with Gasteiger partial charge in [0.2, 0.25) is 11.8 Å². The van der Waals surface area contributed by atoms with Gasteiger partial charge in [0.1, 0.15) is 18.2 Å². The van der Waals surface area contributed by atoms with Gasteiger partial charge in [0.05, 0.1) is 17.5 Å². The second-order valence-corrected chi connectivity index (χ2v) is 12.8. The van der Waals surface area contributed by atoms with Crippen LogP contribution in [0.1, 0.15) is 72.1 Å². The molecule has 0 aliphatic carbocycles. The van der Waals surface area contributed by atoms with Gasteiger partial charge in [-0.15, -0.1) is 0 Å². The van der Waals surface area contributed by atoms with Crippen molar-refractivity contribution in [3.8, 4) is 5.88 Å². The molecular formula is C34H46N8O5. The number of aliphatic hydroxyl groups excluding tert-OH is 1. The predicted octanol–water partition coefficient (Wildman–Crippen LogP) is 2.91. The molecule has 1 atom stereocenters. The van der Waals surface area contributed by atoms with Crippen LogP contribution in [0, 0.1) is 6.92 Å². The maximum absolute atomic E-state index is 13.4. The lowest BCUT2D eigenvalue weighted by atomic mass is 10.0.